The molecule has 0 saturated carbocycles. The van der Waals surface area contributed by atoms with E-state index in [2.05, 4.69) is 0 Å². The smallest absolute Gasteiger partial charge is 0.235 e. The van der Waals surface area contributed by atoms with Gasteiger partial charge in [0.1, 0.15) is 0 Å². The topological polar surface area (TPSA) is 75.4 Å². The SMILES string of the molecule is NNC(=O)CCN1C(=O)Cc2ccc(Cl)cc21. The minimum Gasteiger partial charge on any atom is -0.311 e. The monoisotopic (exact) mass is 253 g/mol. The number of benzene rings is 1. The quantitative estimate of drug-likeness (QED) is 0.471. The zero-order valence-corrected chi connectivity index (χ0v) is 9.83. The number of halogens is 1. The van der Waals surface area contributed by atoms with E-state index in [4.69, 9.17) is 17.4 Å². The normalized spacial score (nSPS) is 13.8. The molecule has 0 aliphatic carbocycles. The van der Waals surface area contributed by atoms with Gasteiger partial charge in [-0.05, 0) is 17.7 Å². The molecule has 1 aliphatic heterocycles. The first-order valence-corrected chi connectivity index (χ1v) is 5.58. The number of rotatable bonds is 3. The first-order valence-electron chi connectivity index (χ1n) is 5.20. The molecule has 1 aliphatic rings. The number of hydrogen-bond acceptors (Lipinski definition) is 3. The molecule has 3 N–H and O–H groups in total. The lowest BCUT2D eigenvalue weighted by molar-refractivity contribution is -0.121. The first kappa shape index (κ1) is 11.9. The largest absolute Gasteiger partial charge is 0.311 e. The van der Waals surface area contributed by atoms with Crippen molar-refractivity contribution in [3.05, 3.63) is 28.8 Å². The highest BCUT2D eigenvalue weighted by Crippen LogP contribution is 2.31. The zero-order valence-electron chi connectivity index (χ0n) is 9.07. The van der Waals surface area contributed by atoms with Crippen molar-refractivity contribution >= 4 is 29.1 Å². The average molecular weight is 254 g/mol. The van der Waals surface area contributed by atoms with Gasteiger partial charge in [0.2, 0.25) is 11.8 Å². The summed E-state index contributed by atoms with van der Waals surface area (Å²) in [6.07, 6.45) is 0.533. The Labute approximate surface area is 103 Å². The molecule has 2 amide bonds. The van der Waals surface area contributed by atoms with Crippen LogP contribution in [0.4, 0.5) is 5.69 Å². The van der Waals surface area contributed by atoms with Gasteiger partial charge in [0.15, 0.2) is 0 Å². The molecule has 1 aromatic rings. The number of hydrazine groups is 1. The molecule has 1 aromatic carbocycles. The third-order valence-corrected chi connectivity index (χ3v) is 2.94. The maximum Gasteiger partial charge on any atom is 0.235 e. The lowest BCUT2D eigenvalue weighted by Crippen LogP contribution is -2.35. The van der Waals surface area contributed by atoms with Crippen LogP contribution in [0, 0.1) is 0 Å². The fraction of sp³-hybridized carbons (Fsp3) is 0.273. The molecule has 0 aromatic heterocycles. The second-order valence-electron chi connectivity index (χ2n) is 3.81. The molecule has 0 atom stereocenters. The van der Waals surface area contributed by atoms with Crippen molar-refractivity contribution in [1.82, 2.24) is 5.43 Å². The molecule has 0 fully saturated rings. The van der Waals surface area contributed by atoms with E-state index in [0.717, 1.165) is 11.3 Å². The summed E-state index contributed by atoms with van der Waals surface area (Å²) < 4.78 is 0. The van der Waals surface area contributed by atoms with Crippen molar-refractivity contribution in [1.29, 1.82) is 0 Å². The highest BCUT2D eigenvalue weighted by atomic mass is 35.5. The number of anilines is 1. The molecule has 5 nitrogen and oxygen atoms in total. The van der Waals surface area contributed by atoms with Crippen molar-refractivity contribution in [2.24, 2.45) is 5.84 Å². The van der Waals surface area contributed by atoms with Crippen LogP contribution in [0.5, 0.6) is 0 Å². The number of nitrogens with two attached hydrogens (primary N) is 1. The molecular weight excluding hydrogens is 242 g/mol. The highest BCUT2D eigenvalue weighted by molar-refractivity contribution is 6.31. The van der Waals surface area contributed by atoms with Crippen LogP contribution < -0.4 is 16.2 Å². The summed E-state index contributed by atoms with van der Waals surface area (Å²) in [6.45, 7) is 0.315. The van der Waals surface area contributed by atoms with E-state index in [1.165, 1.54) is 0 Å². The van der Waals surface area contributed by atoms with Gasteiger partial charge in [-0.2, -0.15) is 0 Å². The summed E-state index contributed by atoms with van der Waals surface area (Å²) in [5.41, 5.74) is 3.76. The van der Waals surface area contributed by atoms with Crippen LogP contribution in [0.15, 0.2) is 18.2 Å². The molecule has 0 bridgehead atoms. The Morgan fingerprint density at radius 1 is 1.53 bits per heavy atom. The molecule has 2 rings (SSSR count). The molecule has 0 radical (unpaired) electrons. The Bertz CT molecular complexity index is 476. The molecule has 90 valence electrons. The molecular formula is C11H12ClN3O2. The predicted molar refractivity (Wildman–Crippen MR) is 64.5 cm³/mol. The van der Waals surface area contributed by atoms with E-state index in [0.29, 0.717) is 18.0 Å². The molecule has 6 heteroatoms. The van der Waals surface area contributed by atoms with Crippen molar-refractivity contribution in [3.8, 4) is 0 Å². The van der Waals surface area contributed by atoms with Crippen molar-refractivity contribution < 1.29 is 9.59 Å². The Hall–Kier alpha value is -1.59. The molecule has 17 heavy (non-hydrogen) atoms. The molecule has 0 unspecified atom stereocenters. The fourth-order valence-electron chi connectivity index (χ4n) is 1.86. The third kappa shape index (κ3) is 2.40. The van der Waals surface area contributed by atoms with Crippen LogP contribution in [0.1, 0.15) is 12.0 Å². The maximum atomic E-state index is 11.8. The lowest BCUT2D eigenvalue weighted by atomic mass is 10.2. The van der Waals surface area contributed by atoms with E-state index >= 15 is 0 Å². The van der Waals surface area contributed by atoms with Gasteiger partial charge in [0, 0.05) is 23.7 Å². The van der Waals surface area contributed by atoms with E-state index < -0.39 is 0 Å². The van der Waals surface area contributed by atoms with Crippen LogP contribution in [0.2, 0.25) is 5.02 Å². The van der Waals surface area contributed by atoms with Crippen molar-refractivity contribution in [3.63, 3.8) is 0 Å². The van der Waals surface area contributed by atoms with E-state index in [-0.39, 0.29) is 18.2 Å². The number of amides is 2. The van der Waals surface area contributed by atoms with Gasteiger partial charge in [-0.3, -0.25) is 15.0 Å². The molecule has 1 heterocycles. The summed E-state index contributed by atoms with van der Waals surface area (Å²) in [4.78, 5) is 24.4. The fourth-order valence-corrected chi connectivity index (χ4v) is 2.03. The van der Waals surface area contributed by atoms with Crippen LogP contribution in [0.25, 0.3) is 0 Å². The number of fused-ring (bicyclic) bond motifs is 1. The van der Waals surface area contributed by atoms with E-state index in [1.807, 2.05) is 11.5 Å². The second-order valence-corrected chi connectivity index (χ2v) is 4.25. The summed E-state index contributed by atoms with van der Waals surface area (Å²) in [7, 11) is 0. The molecule has 0 spiro atoms. The number of nitrogens with zero attached hydrogens (tertiary/aromatic N) is 1. The van der Waals surface area contributed by atoms with Crippen molar-refractivity contribution in [2.45, 2.75) is 12.8 Å². The van der Waals surface area contributed by atoms with Gasteiger partial charge in [-0.1, -0.05) is 17.7 Å². The number of nitrogens with one attached hydrogen (secondary N) is 1. The average Bonchev–Trinajstić information content (AvgIpc) is 2.61. The Morgan fingerprint density at radius 3 is 3.00 bits per heavy atom. The van der Waals surface area contributed by atoms with E-state index in [1.54, 1.807) is 17.0 Å². The number of hydrogen-bond donors (Lipinski definition) is 2. The Kier molecular flexibility index (Phi) is 3.31. The van der Waals surface area contributed by atoms with Crippen LogP contribution in [0.3, 0.4) is 0 Å². The lowest BCUT2D eigenvalue weighted by Gasteiger charge is -2.16. The standard InChI is InChI=1S/C11H12ClN3O2/c12-8-2-1-7-5-11(17)15(9(7)6-8)4-3-10(16)14-13/h1-2,6H,3-5,13H2,(H,14,16). The van der Waals surface area contributed by atoms with Gasteiger partial charge >= 0.3 is 0 Å². The van der Waals surface area contributed by atoms with Gasteiger partial charge < -0.3 is 4.90 Å². The van der Waals surface area contributed by atoms with Crippen LogP contribution in [-0.4, -0.2) is 18.4 Å². The minimum atomic E-state index is -0.298. The summed E-state index contributed by atoms with van der Waals surface area (Å²) in [6, 6.07) is 5.32. The summed E-state index contributed by atoms with van der Waals surface area (Å²) in [5, 5.41) is 0.576. The van der Waals surface area contributed by atoms with Crippen LogP contribution >= 0.6 is 11.6 Å². The Morgan fingerprint density at radius 2 is 2.29 bits per heavy atom. The zero-order chi connectivity index (χ0) is 12.4. The third-order valence-electron chi connectivity index (χ3n) is 2.70. The summed E-state index contributed by atoms with van der Waals surface area (Å²) >= 11 is 5.89. The minimum absolute atomic E-state index is 0.0212. The predicted octanol–water partition coefficient (Wildman–Crippen LogP) is 0.609. The number of carbonyl (C=O) groups is 2. The Balaban J connectivity index is 2.16. The first-order chi connectivity index (χ1) is 8.11. The second kappa shape index (κ2) is 4.73. The number of carbonyl (C=O) groups excluding carboxylic acids is 2. The van der Waals surface area contributed by atoms with Gasteiger partial charge in [-0.25, -0.2) is 5.84 Å². The molecule has 0 saturated heterocycles. The summed E-state index contributed by atoms with van der Waals surface area (Å²) in [5.74, 6) is 4.67. The van der Waals surface area contributed by atoms with Gasteiger partial charge in [-0.15, -0.1) is 0 Å². The van der Waals surface area contributed by atoms with Crippen molar-refractivity contribution in [2.75, 3.05) is 11.4 Å². The highest BCUT2D eigenvalue weighted by Gasteiger charge is 2.27. The van der Waals surface area contributed by atoms with Crippen LogP contribution in [-0.2, 0) is 16.0 Å². The van der Waals surface area contributed by atoms with Gasteiger partial charge in [0.05, 0.1) is 6.42 Å². The van der Waals surface area contributed by atoms with Gasteiger partial charge in [0.25, 0.3) is 0 Å². The van der Waals surface area contributed by atoms with E-state index in [9.17, 15) is 9.59 Å². The maximum absolute atomic E-state index is 11.8.